The molecule has 1 N–H and O–H groups in total. The summed E-state index contributed by atoms with van der Waals surface area (Å²) < 4.78 is 16.7. The zero-order valence-corrected chi connectivity index (χ0v) is 18.8. The number of methoxy groups -OCH3 is 2. The molecule has 0 radical (unpaired) electrons. The molecule has 1 aliphatic carbocycles. The number of carbonyl (C=O) groups excluding carboxylic acids is 2. The number of esters is 1. The summed E-state index contributed by atoms with van der Waals surface area (Å²) >= 11 is 1.72. The Labute approximate surface area is 182 Å². The summed E-state index contributed by atoms with van der Waals surface area (Å²) in [6.45, 7) is 4.26. The maximum absolute atomic E-state index is 13.2. The van der Waals surface area contributed by atoms with Gasteiger partial charge in [0, 0.05) is 34.7 Å². The van der Waals surface area contributed by atoms with Gasteiger partial charge in [-0.3, -0.25) is 4.79 Å². The maximum Gasteiger partial charge on any atom is 0.336 e. The molecule has 1 aromatic rings. The number of benzene rings is 1. The maximum atomic E-state index is 13.2. The predicted octanol–water partition coefficient (Wildman–Crippen LogP) is 3.97. The number of Topliss-reactive ketones (excluding diaryl/α,β-unsaturated/α-hetero) is 1. The van der Waals surface area contributed by atoms with Crippen molar-refractivity contribution in [2.75, 3.05) is 32.3 Å². The predicted molar refractivity (Wildman–Crippen MR) is 118 cm³/mol. The van der Waals surface area contributed by atoms with E-state index in [1.165, 1.54) is 0 Å². The second kappa shape index (κ2) is 10.1. The summed E-state index contributed by atoms with van der Waals surface area (Å²) in [4.78, 5) is 26.1. The van der Waals surface area contributed by atoms with Crippen LogP contribution in [0.25, 0.3) is 0 Å². The number of dihydropyridines is 1. The van der Waals surface area contributed by atoms with E-state index in [4.69, 9.17) is 14.2 Å². The van der Waals surface area contributed by atoms with Gasteiger partial charge in [-0.25, -0.2) is 4.79 Å². The van der Waals surface area contributed by atoms with E-state index in [9.17, 15) is 9.59 Å². The van der Waals surface area contributed by atoms with Crippen LogP contribution in [0.3, 0.4) is 0 Å². The number of hydrogen-bond donors (Lipinski definition) is 1. The molecule has 0 saturated heterocycles. The molecule has 6 nitrogen and oxygen atoms in total. The number of hydrogen-bond acceptors (Lipinski definition) is 7. The first-order chi connectivity index (χ1) is 14.5. The average Bonchev–Trinajstić information content (AvgIpc) is 2.75. The van der Waals surface area contributed by atoms with Crippen LogP contribution in [0.2, 0.25) is 0 Å². The van der Waals surface area contributed by atoms with Gasteiger partial charge in [-0.2, -0.15) is 11.8 Å². The van der Waals surface area contributed by atoms with Crippen molar-refractivity contribution in [3.8, 4) is 11.5 Å². The number of rotatable bonds is 8. The van der Waals surface area contributed by atoms with E-state index in [2.05, 4.69) is 12.2 Å². The van der Waals surface area contributed by atoms with Gasteiger partial charge in [0.1, 0.15) is 6.61 Å². The van der Waals surface area contributed by atoms with E-state index in [0.29, 0.717) is 41.4 Å². The fourth-order valence-electron chi connectivity index (χ4n) is 4.12. The molecule has 1 atom stereocenters. The van der Waals surface area contributed by atoms with Gasteiger partial charge in [0.25, 0.3) is 0 Å². The number of nitrogens with one attached hydrogen (secondary N) is 1. The minimum atomic E-state index is -0.551. The van der Waals surface area contributed by atoms with Gasteiger partial charge in [0.05, 0.1) is 25.7 Å². The molecule has 1 aliphatic heterocycles. The molecule has 3 rings (SSSR count). The minimum Gasteiger partial charge on any atom is -0.493 e. The molecule has 0 saturated carbocycles. The number of ketones is 1. The first-order valence-corrected chi connectivity index (χ1v) is 11.4. The third-order valence-corrected chi connectivity index (χ3v) is 6.27. The Morgan fingerprint density at radius 1 is 1.23 bits per heavy atom. The normalized spacial score (nSPS) is 18.7. The second-order valence-electron chi connectivity index (χ2n) is 7.18. The molecular formula is C23H29NO5S. The van der Waals surface area contributed by atoms with Crippen LogP contribution in [0.5, 0.6) is 11.5 Å². The van der Waals surface area contributed by atoms with Gasteiger partial charge in [-0.15, -0.1) is 0 Å². The number of thioether (sulfide) groups is 1. The molecule has 0 amide bonds. The first-order valence-electron chi connectivity index (χ1n) is 10.2. The van der Waals surface area contributed by atoms with Crippen LogP contribution in [0.4, 0.5) is 0 Å². The molecule has 7 heteroatoms. The Balaban J connectivity index is 2.09. The molecule has 1 unspecified atom stereocenters. The van der Waals surface area contributed by atoms with Crippen molar-refractivity contribution in [3.63, 3.8) is 0 Å². The highest BCUT2D eigenvalue weighted by atomic mass is 32.2. The van der Waals surface area contributed by atoms with Crippen LogP contribution < -0.4 is 14.8 Å². The Morgan fingerprint density at radius 2 is 2.03 bits per heavy atom. The van der Waals surface area contributed by atoms with E-state index >= 15 is 0 Å². The molecular weight excluding hydrogens is 402 g/mol. The highest BCUT2D eigenvalue weighted by Crippen LogP contribution is 2.47. The zero-order valence-electron chi connectivity index (χ0n) is 18.0. The number of allylic oxidation sites excluding steroid dienone is 3. The number of ether oxygens (including phenoxy) is 3. The SMILES string of the molecule is CCSCCOC(=O)C1=C(C)NC2=C(C(=O)CCC2)C1c1cccc(OC)c1OC. The van der Waals surface area contributed by atoms with Crippen LogP contribution in [0.15, 0.2) is 40.7 Å². The van der Waals surface area contributed by atoms with Gasteiger partial charge >= 0.3 is 5.97 Å². The lowest BCUT2D eigenvalue weighted by Crippen LogP contribution is -2.34. The Kier molecular flexibility index (Phi) is 7.48. The van der Waals surface area contributed by atoms with E-state index < -0.39 is 11.9 Å². The lowest BCUT2D eigenvalue weighted by atomic mass is 9.75. The van der Waals surface area contributed by atoms with Crippen molar-refractivity contribution >= 4 is 23.5 Å². The Morgan fingerprint density at radius 3 is 2.73 bits per heavy atom. The summed E-state index contributed by atoms with van der Waals surface area (Å²) in [6.07, 6.45) is 2.04. The quantitative estimate of drug-likeness (QED) is 0.493. The van der Waals surface area contributed by atoms with Crippen LogP contribution in [0, 0.1) is 0 Å². The number of carbonyl (C=O) groups is 2. The highest BCUT2D eigenvalue weighted by molar-refractivity contribution is 7.99. The van der Waals surface area contributed by atoms with Gasteiger partial charge in [-0.05, 0) is 31.6 Å². The minimum absolute atomic E-state index is 0.0537. The molecule has 162 valence electrons. The molecule has 0 fully saturated rings. The fraction of sp³-hybridized carbons (Fsp3) is 0.478. The van der Waals surface area contributed by atoms with Crippen molar-refractivity contribution in [2.45, 2.75) is 39.0 Å². The molecule has 0 bridgehead atoms. The Hall–Kier alpha value is -2.41. The molecule has 1 heterocycles. The molecule has 1 aromatic carbocycles. The first kappa shape index (κ1) is 22.3. The van der Waals surface area contributed by atoms with E-state index in [-0.39, 0.29) is 5.78 Å². The molecule has 30 heavy (non-hydrogen) atoms. The van der Waals surface area contributed by atoms with Crippen molar-refractivity contribution in [3.05, 3.63) is 46.3 Å². The van der Waals surface area contributed by atoms with Crippen LogP contribution in [-0.4, -0.2) is 44.1 Å². The van der Waals surface area contributed by atoms with E-state index in [0.717, 1.165) is 35.6 Å². The van der Waals surface area contributed by atoms with Crippen LogP contribution in [0.1, 0.15) is 44.6 Å². The fourth-order valence-corrected chi connectivity index (χ4v) is 4.61. The lowest BCUT2D eigenvalue weighted by Gasteiger charge is -2.34. The average molecular weight is 432 g/mol. The summed E-state index contributed by atoms with van der Waals surface area (Å²) in [7, 11) is 3.14. The summed E-state index contributed by atoms with van der Waals surface area (Å²) in [6, 6.07) is 5.54. The van der Waals surface area contributed by atoms with Crippen LogP contribution in [-0.2, 0) is 14.3 Å². The van der Waals surface area contributed by atoms with Gasteiger partial charge in [-0.1, -0.05) is 19.1 Å². The molecule has 0 spiro atoms. The smallest absolute Gasteiger partial charge is 0.336 e. The van der Waals surface area contributed by atoms with Crippen molar-refractivity contribution < 1.29 is 23.8 Å². The van der Waals surface area contributed by atoms with Gasteiger partial charge in [0.2, 0.25) is 0 Å². The number of para-hydroxylation sites is 1. The van der Waals surface area contributed by atoms with E-state index in [1.807, 2.05) is 19.1 Å². The highest BCUT2D eigenvalue weighted by Gasteiger charge is 2.40. The van der Waals surface area contributed by atoms with Crippen LogP contribution >= 0.6 is 11.8 Å². The second-order valence-corrected chi connectivity index (χ2v) is 8.58. The third-order valence-electron chi connectivity index (χ3n) is 5.41. The Bertz CT molecular complexity index is 890. The third kappa shape index (κ3) is 4.36. The monoisotopic (exact) mass is 431 g/mol. The summed E-state index contributed by atoms with van der Waals surface area (Å²) in [5, 5.41) is 3.31. The lowest BCUT2D eigenvalue weighted by molar-refractivity contribution is -0.138. The molecule has 2 aliphatic rings. The van der Waals surface area contributed by atoms with E-state index in [1.54, 1.807) is 32.0 Å². The summed E-state index contributed by atoms with van der Waals surface area (Å²) in [5.74, 6) is 1.89. The van der Waals surface area contributed by atoms with Gasteiger partial charge in [0.15, 0.2) is 17.3 Å². The van der Waals surface area contributed by atoms with Crippen molar-refractivity contribution in [1.29, 1.82) is 0 Å². The molecule has 0 aromatic heterocycles. The topological polar surface area (TPSA) is 73.9 Å². The summed E-state index contributed by atoms with van der Waals surface area (Å²) in [5.41, 5.74) is 3.42. The largest absolute Gasteiger partial charge is 0.493 e. The van der Waals surface area contributed by atoms with Crippen molar-refractivity contribution in [1.82, 2.24) is 5.32 Å². The zero-order chi connectivity index (χ0) is 21.7. The van der Waals surface area contributed by atoms with Gasteiger partial charge < -0.3 is 19.5 Å². The standard InChI is InChI=1S/C23H29NO5S/c1-5-30-13-12-29-23(26)19-14(2)24-16-9-7-10-17(25)21(16)20(19)15-8-6-11-18(27-3)22(15)28-4/h6,8,11,20,24H,5,7,9-10,12-13H2,1-4H3. The van der Waals surface area contributed by atoms with Crippen molar-refractivity contribution in [2.24, 2.45) is 0 Å².